The second kappa shape index (κ2) is 6.34. The van der Waals surface area contributed by atoms with Crippen molar-refractivity contribution in [3.8, 4) is 6.07 Å². The van der Waals surface area contributed by atoms with Crippen LogP contribution in [-0.4, -0.2) is 26.6 Å². The molecule has 0 aromatic heterocycles. The second-order valence-electron chi connectivity index (χ2n) is 4.02. The van der Waals surface area contributed by atoms with Gasteiger partial charge in [0.25, 0.3) is 0 Å². The summed E-state index contributed by atoms with van der Waals surface area (Å²) in [6.07, 6.45) is -0.446. The lowest BCUT2D eigenvalue weighted by Crippen LogP contribution is -2.34. The summed E-state index contributed by atoms with van der Waals surface area (Å²) in [5, 5.41) is 11.9. The quantitative estimate of drug-likeness (QED) is 0.818. The van der Waals surface area contributed by atoms with E-state index < -0.39 is 12.1 Å². The van der Waals surface area contributed by atoms with Gasteiger partial charge in [-0.3, -0.25) is 0 Å². The molecule has 18 heavy (non-hydrogen) atoms. The first-order valence-electron chi connectivity index (χ1n) is 5.55. The van der Waals surface area contributed by atoms with Gasteiger partial charge in [0.05, 0.1) is 17.7 Å². The highest BCUT2D eigenvalue weighted by Gasteiger charge is 2.17. The summed E-state index contributed by atoms with van der Waals surface area (Å²) in [6, 6.07) is 4.58. The van der Waals surface area contributed by atoms with E-state index in [0.29, 0.717) is 11.3 Å². The van der Waals surface area contributed by atoms with Gasteiger partial charge in [-0.1, -0.05) is 0 Å². The summed E-state index contributed by atoms with van der Waals surface area (Å²) >= 11 is 0. The maximum absolute atomic E-state index is 13.6. The van der Waals surface area contributed by atoms with Crippen molar-refractivity contribution in [2.24, 2.45) is 0 Å². The molecule has 0 saturated heterocycles. The van der Waals surface area contributed by atoms with Crippen molar-refractivity contribution in [3.63, 3.8) is 0 Å². The monoisotopic (exact) mass is 252 g/mol. The van der Waals surface area contributed by atoms with E-state index in [4.69, 9.17) is 14.7 Å². The summed E-state index contributed by atoms with van der Waals surface area (Å²) < 4.78 is 23.8. The topological polar surface area (TPSA) is 54.3 Å². The third-order valence-electron chi connectivity index (χ3n) is 2.73. The van der Waals surface area contributed by atoms with E-state index in [1.807, 2.05) is 13.0 Å². The minimum absolute atomic E-state index is 0.174. The lowest BCUT2D eigenvalue weighted by molar-refractivity contribution is -0.109. The first kappa shape index (κ1) is 14.4. The average molecular weight is 252 g/mol. The number of nitrogens with one attached hydrogen (secondary N) is 1. The predicted molar refractivity (Wildman–Crippen MR) is 66.7 cm³/mol. The van der Waals surface area contributed by atoms with Gasteiger partial charge in [-0.2, -0.15) is 5.26 Å². The molecule has 0 bridgehead atoms. The average Bonchev–Trinajstić information content (AvgIpc) is 2.36. The minimum Gasteiger partial charge on any atom is -0.377 e. The number of hydrogen-bond donors (Lipinski definition) is 1. The summed E-state index contributed by atoms with van der Waals surface area (Å²) in [7, 11) is 3.07. The van der Waals surface area contributed by atoms with Gasteiger partial charge in [-0.15, -0.1) is 0 Å². The molecule has 98 valence electrons. The lowest BCUT2D eigenvalue weighted by Gasteiger charge is -2.24. The molecule has 5 heteroatoms. The number of nitriles is 1. The van der Waals surface area contributed by atoms with Crippen molar-refractivity contribution in [2.45, 2.75) is 26.2 Å². The zero-order valence-corrected chi connectivity index (χ0v) is 11.0. The Bertz CT molecular complexity index is 453. The number of hydrogen-bond acceptors (Lipinski definition) is 4. The Hall–Kier alpha value is -1.64. The maximum atomic E-state index is 13.6. The Labute approximate surface area is 106 Å². The van der Waals surface area contributed by atoms with Gasteiger partial charge in [0.1, 0.15) is 5.82 Å². The maximum Gasteiger partial charge on any atom is 0.176 e. The third kappa shape index (κ3) is 3.19. The van der Waals surface area contributed by atoms with E-state index in [1.54, 1.807) is 13.0 Å². The van der Waals surface area contributed by atoms with Gasteiger partial charge in [0, 0.05) is 25.5 Å². The van der Waals surface area contributed by atoms with E-state index in [0.717, 1.165) is 0 Å². The molecule has 1 atom stereocenters. The van der Waals surface area contributed by atoms with Crippen molar-refractivity contribution < 1.29 is 13.9 Å². The number of ether oxygens (including phenoxy) is 2. The van der Waals surface area contributed by atoms with Crippen molar-refractivity contribution in [1.82, 2.24) is 0 Å². The molecule has 0 saturated carbocycles. The molecule has 1 aromatic carbocycles. The van der Waals surface area contributed by atoms with Crippen molar-refractivity contribution in [3.05, 3.63) is 29.1 Å². The molecule has 1 N–H and O–H groups in total. The first-order valence-corrected chi connectivity index (χ1v) is 5.55. The number of methoxy groups -OCH3 is 2. The first-order chi connectivity index (χ1) is 8.53. The number of rotatable bonds is 5. The molecule has 4 nitrogen and oxygen atoms in total. The molecule has 0 aliphatic carbocycles. The number of benzene rings is 1. The molecular weight excluding hydrogens is 235 g/mol. The molecule has 0 radical (unpaired) electrons. The number of halogens is 1. The van der Waals surface area contributed by atoms with Gasteiger partial charge < -0.3 is 14.8 Å². The van der Waals surface area contributed by atoms with Gasteiger partial charge in [0.15, 0.2) is 6.29 Å². The number of nitrogens with zero attached hydrogens (tertiary/aromatic N) is 1. The van der Waals surface area contributed by atoms with Crippen LogP contribution < -0.4 is 5.32 Å². The third-order valence-corrected chi connectivity index (χ3v) is 2.73. The van der Waals surface area contributed by atoms with Crippen LogP contribution in [0.3, 0.4) is 0 Å². The van der Waals surface area contributed by atoms with Crippen LogP contribution in [-0.2, 0) is 9.47 Å². The fourth-order valence-electron chi connectivity index (χ4n) is 1.71. The van der Waals surface area contributed by atoms with E-state index in [-0.39, 0.29) is 11.6 Å². The molecule has 1 aromatic rings. The lowest BCUT2D eigenvalue weighted by atomic mass is 10.1. The Morgan fingerprint density at radius 1 is 1.33 bits per heavy atom. The molecule has 0 heterocycles. The molecular formula is C13H17FN2O2. The molecule has 0 aliphatic rings. The Morgan fingerprint density at radius 2 is 1.94 bits per heavy atom. The summed E-state index contributed by atoms with van der Waals surface area (Å²) in [5.74, 6) is -0.407. The van der Waals surface area contributed by atoms with Crippen LogP contribution in [0.2, 0.25) is 0 Å². The van der Waals surface area contributed by atoms with E-state index >= 15 is 0 Å². The smallest absolute Gasteiger partial charge is 0.176 e. The summed E-state index contributed by atoms with van der Waals surface area (Å²) in [4.78, 5) is 0. The molecule has 1 unspecified atom stereocenters. The Morgan fingerprint density at radius 3 is 2.44 bits per heavy atom. The largest absolute Gasteiger partial charge is 0.377 e. The van der Waals surface area contributed by atoms with Crippen LogP contribution in [0.15, 0.2) is 12.1 Å². The summed E-state index contributed by atoms with van der Waals surface area (Å²) in [5.41, 5.74) is 1.31. The van der Waals surface area contributed by atoms with Crippen molar-refractivity contribution >= 4 is 5.69 Å². The van der Waals surface area contributed by atoms with Crippen LogP contribution in [0.5, 0.6) is 0 Å². The highest BCUT2D eigenvalue weighted by Crippen LogP contribution is 2.22. The van der Waals surface area contributed by atoms with E-state index in [1.165, 1.54) is 20.3 Å². The van der Waals surface area contributed by atoms with Crippen LogP contribution in [0.4, 0.5) is 10.1 Å². The zero-order valence-electron chi connectivity index (χ0n) is 11.0. The van der Waals surface area contributed by atoms with Gasteiger partial charge in [-0.25, -0.2) is 4.39 Å². The van der Waals surface area contributed by atoms with Crippen LogP contribution in [0, 0.1) is 24.1 Å². The Kier molecular flexibility index (Phi) is 5.08. The van der Waals surface area contributed by atoms with Crippen LogP contribution in [0.1, 0.15) is 18.1 Å². The van der Waals surface area contributed by atoms with Crippen LogP contribution in [0.25, 0.3) is 0 Å². The Balaban J connectivity index is 2.97. The van der Waals surface area contributed by atoms with Crippen LogP contribution >= 0.6 is 0 Å². The highest BCUT2D eigenvalue weighted by atomic mass is 19.1. The second-order valence-corrected chi connectivity index (χ2v) is 4.02. The van der Waals surface area contributed by atoms with E-state index in [2.05, 4.69) is 5.32 Å². The highest BCUT2D eigenvalue weighted by molar-refractivity contribution is 5.56. The molecule has 0 amide bonds. The molecule has 0 aliphatic heterocycles. The molecule has 0 spiro atoms. The van der Waals surface area contributed by atoms with Crippen molar-refractivity contribution in [2.75, 3.05) is 19.5 Å². The molecule has 0 fully saturated rings. The fraction of sp³-hybridized carbons (Fsp3) is 0.462. The summed E-state index contributed by atoms with van der Waals surface area (Å²) in [6.45, 7) is 3.51. The number of anilines is 1. The standard InChI is InChI=1S/C13H17FN2O2/c1-8-11(14)5-10(7-15)6-12(8)16-9(2)13(17-3)18-4/h5-6,9,13,16H,1-4H3. The SMILES string of the molecule is COC(OC)C(C)Nc1cc(C#N)cc(F)c1C. The molecule has 1 rings (SSSR count). The van der Waals surface area contributed by atoms with Crippen molar-refractivity contribution in [1.29, 1.82) is 5.26 Å². The predicted octanol–water partition coefficient (Wildman–Crippen LogP) is 2.43. The normalized spacial score (nSPS) is 12.3. The van der Waals surface area contributed by atoms with Gasteiger partial charge >= 0.3 is 0 Å². The minimum atomic E-state index is -0.446. The van der Waals surface area contributed by atoms with E-state index in [9.17, 15) is 4.39 Å². The fourth-order valence-corrected chi connectivity index (χ4v) is 1.71. The van der Waals surface area contributed by atoms with Gasteiger partial charge in [0.2, 0.25) is 0 Å². The zero-order chi connectivity index (χ0) is 13.7. The van der Waals surface area contributed by atoms with Gasteiger partial charge in [-0.05, 0) is 26.0 Å².